The van der Waals surface area contributed by atoms with Crippen LogP contribution in [0.25, 0.3) is 0 Å². The maximum atomic E-state index is 5.73. The molecule has 0 bridgehead atoms. The van der Waals surface area contributed by atoms with Crippen LogP contribution < -0.4 is 10.6 Å². The number of nitrogen functional groups attached to an aromatic ring is 1. The fourth-order valence-electron chi connectivity index (χ4n) is 2.67. The SMILES string of the molecule is CC1(N2CCN(c3cccc(N)n3)CC2)COC1. The molecule has 18 heavy (non-hydrogen) atoms. The average molecular weight is 248 g/mol. The normalized spacial score (nSPS) is 23.7. The van der Waals surface area contributed by atoms with Crippen molar-refractivity contribution in [2.45, 2.75) is 12.5 Å². The number of pyridine rings is 1. The highest BCUT2D eigenvalue weighted by Gasteiger charge is 2.40. The summed E-state index contributed by atoms with van der Waals surface area (Å²) >= 11 is 0. The van der Waals surface area contributed by atoms with Gasteiger partial charge in [0.1, 0.15) is 11.6 Å². The van der Waals surface area contributed by atoms with Crippen LogP contribution in [-0.2, 0) is 4.74 Å². The fourth-order valence-corrected chi connectivity index (χ4v) is 2.67. The molecule has 2 fully saturated rings. The van der Waals surface area contributed by atoms with Crippen molar-refractivity contribution in [3.8, 4) is 0 Å². The molecule has 0 radical (unpaired) electrons. The van der Waals surface area contributed by atoms with Crippen LogP contribution in [0.15, 0.2) is 18.2 Å². The van der Waals surface area contributed by atoms with E-state index in [-0.39, 0.29) is 5.54 Å². The quantitative estimate of drug-likeness (QED) is 0.829. The molecule has 3 rings (SSSR count). The van der Waals surface area contributed by atoms with Crippen LogP contribution in [-0.4, -0.2) is 54.8 Å². The van der Waals surface area contributed by atoms with E-state index in [1.165, 1.54) is 0 Å². The summed E-state index contributed by atoms with van der Waals surface area (Å²) in [6, 6.07) is 5.82. The number of aromatic nitrogens is 1. The van der Waals surface area contributed by atoms with Crippen LogP contribution in [0.3, 0.4) is 0 Å². The van der Waals surface area contributed by atoms with E-state index >= 15 is 0 Å². The lowest BCUT2D eigenvalue weighted by Gasteiger charge is -2.50. The molecule has 2 aliphatic heterocycles. The molecular weight excluding hydrogens is 228 g/mol. The minimum absolute atomic E-state index is 0.259. The Morgan fingerprint density at radius 3 is 2.50 bits per heavy atom. The van der Waals surface area contributed by atoms with Crippen LogP contribution in [0.1, 0.15) is 6.92 Å². The lowest BCUT2D eigenvalue weighted by molar-refractivity contribution is -0.131. The molecule has 3 heterocycles. The summed E-state index contributed by atoms with van der Waals surface area (Å²) in [5, 5.41) is 0. The van der Waals surface area contributed by atoms with Crippen molar-refractivity contribution >= 4 is 11.6 Å². The molecule has 1 aromatic rings. The summed E-state index contributed by atoms with van der Waals surface area (Å²) in [6.07, 6.45) is 0. The van der Waals surface area contributed by atoms with Gasteiger partial charge in [-0.3, -0.25) is 4.90 Å². The summed E-state index contributed by atoms with van der Waals surface area (Å²) in [4.78, 5) is 9.21. The molecule has 0 spiro atoms. The molecule has 0 saturated carbocycles. The molecule has 5 heteroatoms. The molecule has 0 amide bonds. The third-order valence-electron chi connectivity index (χ3n) is 3.95. The first-order chi connectivity index (χ1) is 8.67. The van der Waals surface area contributed by atoms with Crippen molar-refractivity contribution in [3.63, 3.8) is 0 Å². The number of hydrogen-bond acceptors (Lipinski definition) is 5. The van der Waals surface area contributed by atoms with Gasteiger partial charge in [0.2, 0.25) is 0 Å². The van der Waals surface area contributed by atoms with Gasteiger partial charge in [0.25, 0.3) is 0 Å². The van der Waals surface area contributed by atoms with E-state index in [9.17, 15) is 0 Å². The van der Waals surface area contributed by atoms with E-state index in [0.29, 0.717) is 5.82 Å². The van der Waals surface area contributed by atoms with Gasteiger partial charge in [-0.25, -0.2) is 4.98 Å². The number of nitrogens with zero attached hydrogens (tertiary/aromatic N) is 3. The Kier molecular flexibility index (Phi) is 2.87. The number of ether oxygens (including phenoxy) is 1. The monoisotopic (exact) mass is 248 g/mol. The van der Waals surface area contributed by atoms with Crippen molar-refractivity contribution in [1.82, 2.24) is 9.88 Å². The minimum Gasteiger partial charge on any atom is -0.384 e. The Hall–Kier alpha value is -1.33. The molecule has 0 atom stereocenters. The number of piperazine rings is 1. The summed E-state index contributed by atoms with van der Waals surface area (Å²) in [6.45, 7) is 8.16. The van der Waals surface area contributed by atoms with Crippen LogP contribution in [0.4, 0.5) is 11.6 Å². The highest BCUT2D eigenvalue weighted by atomic mass is 16.5. The smallest absolute Gasteiger partial charge is 0.131 e. The second kappa shape index (κ2) is 4.40. The third kappa shape index (κ3) is 2.04. The predicted octanol–water partition coefficient (Wildman–Crippen LogP) is 0.575. The van der Waals surface area contributed by atoms with Gasteiger partial charge in [-0.1, -0.05) is 6.07 Å². The molecule has 2 N–H and O–H groups in total. The van der Waals surface area contributed by atoms with Crippen LogP contribution in [0.2, 0.25) is 0 Å². The number of anilines is 2. The average Bonchev–Trinajstić information content (AvgIpc) is 2.36. The van der Waals surface area contributed by atoms with Gasteiger partial charge in [-0.15, -0.1) is 0 Å². The molecule has 5 nitrogen and oxygen atoms in total. The number of rotatable bonds is 2. The van der Waals surface area contributed by atoms with Crippen molar-refractivity contribution < 1.29 is 4.74 Å². The number of nitrogens with two attached hydrogens (primary N) is 1. The van der Waals surface area contributed by atoms with Gasteiger partial charge >= 0.3 is 0 Å². The second-order valence-corrected chi connectivity index (χ2v) is 5.38. The van der Waals surface area contributed by atoms with E-state index in [0.717, 1.165) is 45.2 Å². The highest BCUT2D eigenvalue weighted by molar-refractivity contribution is 5.45. The first kappa shape index (κ1) is 11.7. The largest absolute Gasteiger partial charge is 0.384 e. The van der Waals surface area contributed by atoms with Gasteiger partial charge in [0.15, 0.2) is 0 Å². The lowest BCUT2D eigenvalue weighted by Crippen LogP contribution is -2.64. The van der Waals surface area contributed by atoms with Crippen LogP contribution in [0.5, 0.6) is 0 Å². The molecule has 0 unspecified atom stereocenters. The first-order valence-corrected chi connectivity index (χ1v) is 6.48. The Morgan fingerprint density at radius 2 is 1.94 bits per heavy atom. The van der Waals surface area contributed by atoms with E-state index < -0.39 is 0 Å². The van der Waals surface area contributed by atoms with Gasteiger partial charge in [-0.2, -0.15) is 0 Å². The van der Waals surface area contributed by atoms with Gasteiger partial charge in [-0.05, 0) is 19.1 Å². The van der Waals surface area contributed by atoms with Crippen molar-refractivity contribution in [2.75, 3.05) is 50.0 Å². The molecule has 2 saturated heterocycles. The maximum Gasteiger partial charge on any atom is 0.131 e. The summed E-state index contributed by atoms with van der Waals surface area (Å²) in [5.74, 6) is 1.58. The standard InChI is InChI=1S/C13H20N4O/c1-13(9-18-10-13)17-7-5-16(6-8-17)12-4-2-3-11(14)15-12/h2-4H,5-10H2,1H3,(H2,14,15). The fraction of sp³-hybridized carbons (Fsp3) is 0.615. The zero-order valence-electron chi connectivity index (χ0n) is 10.8. The summed E-state index contributed by atoms with van der Waals surface area (Å²) in [5.41, 5.74) is 5.99. The Bertz CT molecular complexity index is 425. The highest BCUT2D eigenvalue weighted by Crippen LogP contribution is 2.26. The minimum atomic E-state index is 0.259. The second-order valence-electron chi connectivity index (χ2n) is 5.38. The van der Waals surface area contributed by atoms with Crippen molar-refractivity contribution in [3.05, 3.63) is 18.2 Å². The summed E-state index contributed by atoms with van der Waals surface area (Å²) < 4.78 is 5.33. The zero-order chi connectivity index (χ0) is 12.6. The lowest BCUT2D eigenvalue weighted by atomic mass is 9.97. The first-order valence-electron chi connectivity index (χ1n) is 6.48. The van der Waals surface area contributed by atoms with E-state index in [2.05, 4.69) is 21.7 Å². The summed E-state index contributed by atoms with van der Waals surface area (Å²) in [7, 11) is 0. The third-order valence-corrected chi connectivity index (χ3v) is 3.95. The molecule has 1 aromatic heterocycles. The predicted molar refractivity (Wildman–Crippen MR) is 71.7 cm³/mol. The van der Waals surface area contributed by atoms with Crippen molar-refractivity contribution in [2.24, 2.45) is 0 Å². The topological polar surface area (TPSA) is 54.6 Å². The molecule has 0 aliphatic carbocycles. The van der Waals surface area contributed by atoms with E-state index in [1.54, 1.807) is 0 Å². The van der Waals surface area contributed by atoms with Crippen LogP contribution in [0, 0.1) is 0 Å². The molecule has 98 valence electrons. The molecule has 0 aromatic carbocycles. The van der Waals surface area contributed by atoms with E-state index in [4.69, 9.17) is 10.5 Å². The Labute approximate surface area is 108 Å². The Morgan fingerprint density at radius 1 is 1.22 bits per heavy atom. The Balaban J connectivity index is 1.63. The van der Waals surface area contributed by atoms with Gasteiger partial charge < -0.3 is 15.4 Å². The van der Waals surface area contributed by atoms with Crippen LogP contribution >= 0.6 is 0 Å². The zero-order valence-corrected chi connectivity index (χ0v) is 10.8. The molecule has 2 aliphatic rings. The number of hydrogen-bond donors (Lipinski definition) is 1. The maximum absolute atomic E-state index is 5.73. The molecular formula is C13H20N4O. The van der Waals surface area contributed by atoms with Gasteiger partial charge in [0, 0.05) is 26.2 Å². The van der Waals surface area contributed by atoms with Crippen molar-refractivity contribution in [1.29, 1.82) is 0 Å². The van der Waals surface area contributed by atoms with Gasteiger partial charge in [0.05, 0.1) is 18.8 Å². The van der Waals surface area contributed by atoms with E-state index in [1.807, 2.05) is 18.2 Å².